The summed E-state index contributed by atoms with van der Waals surface area (Å²) in [7, 11) is 0. The summed E-state index contributed by atoms with van der Waals surface area (Å²) >= 11 is 1.74. The number of ether oxygens (including phenoxy) is 1. The topological polar surface area (TPSA) is 29.5 Å². The highest BCUT2D eigenvalue weighted by Crippen LogP contribution is 2.35. The standard InChI is InChI=1S/C14H19FO2S/c1-9-7-14(12(10(2)16)8-13(9)15)18-11-3-5-17-6-4-11/h7-8,10-11,16H,3-6H2,1-2H3/t10-/m1/s1. The first kappa shape index (κ1) is 13.8. The molecule has 1 aliphatic heterocycles. The van der Waals surface area contributed by atoms with Crippen molar-refractivity contribution in [2.75, 3.05) is 13.2 Å². The van der Waals surface area contributed by atoms with Gasteiger partial charge in [0.25, 0.3) is 0 Å². The second-order valence-electron chi connectivity index (χ2n) is 4.74. The predicted octanol–water partition coefficient (Wildman–Crippen LogP) is 3.46. The molecule has 4 heteroatoms. The Morgan fingerprint density at radius 1 is 1.39 bits per heavy atom. The second-order valence-corrected chi connectivity index (χ2v) is 6.09. The third-order valence-corrected chi connectivity index (χ3v) is 4.62. The lowest BCUT2D eigenvalue weighted by molar-refractivity contribution is 0.1000. The Kier molecular flexibility index (Phi) is 4.65. The summed E-state index contributed by atoms with van der Waals surface area (Å²) in [6.07, 6.45) is 1.39. The van der Waals surface area contributed by atoms with E-state index in [1.807, 2.05) is 6.07 Å². The highest BCUT2D eigenvalue weighted by Gasteiger charge is 2.19. The fraction of sp³-hybridized carbons (Fsp3) is 0.571. The Balaban J connectivity index is 2.21. The molecule has 0 bridgehead atoms. The lowest BCUT2D eigenvalue weighted by Crippen LogP contribution is -2.17. The molecule has 18 heavy (non-hydrogen) atoms. The second kappa shape index (κ2) is 6.04. The summed E-state index contributed by atoms with van der Waals surface area (Å²) in [5.41, 5.74) is 1.32. The molecule has 2 nitrogen and oxygen atoms in total. The van der Waals surface area contributed by atoms with Gasteiger partial charge in [-0.1, -0.05) is 0 Å². The molecule has 1 N–H and O–H groups in total. The monoisotopic (exact) mass is 270 g/mol. The number of aryl methyl sites for hydroxylation is 1. The van der Waals surface area contributed by atoms with Gasteiger partial charge in [0.05, 0.1) is 6.10 Å². The largest absolute Gasteiger partial charge is 0.389 e. The third-order valence-electron chi connectivity index (χ3n) is 3.20. The van der Waals surface area contributed by atoms with Crippen LogP contribution in [0.25, 0.3) is 0 Å². The van der Waals surface area contributed by atoms with Crippen LogP contribution in [-0.2, 0) is 4.74 Å². The van der Waals surface area contributed by atoms with Gasteiger partial charge in [-0.3, -0.25) is 0 Å². The van der Waals surface area contributed by atoms with Crippen LogP contribution in [0, 0.1) is 12.7 Å². The van der Waals surface area contributed by atoms with Gasteiger partial charge in [0, 0.05) is 23.4 Å². The average Bonchev–Trinajstić information content (AvgIpc) is 2.34. The van der Waals surface area contributed by atoms with Crippen LogP contribution in [0.5, 0.6) is 0 Å². The van der Waals surface area contributed by atoms with Crippen molar-refractivity contribution < 1.29 is 14.2 Å². The third kappa shape index (κ3) is 3.25. The summed E-state index contributed by atoms with van der Waals surface area (Å²) in [5, 5.41) is 10.2. The zero-order valence-electron chi connectivity index (χ0n) is 10.8. The Bertz CT molecular complexity index is 415. The molecule has 0 saturated carbocycles. The predicted molar refractivity (Wildman–Crippen MR) is 71.5 cm³/mol. The molecule has 1 aromatic rings. The SMILES string of the molecule is Cc1cc(SC2CCOCC2)c([C@@H](C)O)cc1F. The number of hydrogen-bond acceptors (Lipinski definition) is 3. The first-order valence-corrected chi connectivity index (χ1v) is 7.18. The van der Waals surface area contributed by atoms with E-state index in [0.717, 1.165) is 31.0 Å². The quantitative estimate of drug-likeness (QED) is 0.912. The molecule has 0 unspecified atom stereocenters. The highest BCUT2D eigenvalue weighted by atomic mass is 32.2. The van der Waals surface area contributed by atoms with Crippen molar-refractivity contribution in [3.63, 3.8) is 0 Å². The normalized spacial score (nSPS) is 18.9. The fourth-order valence-electron chi connectivity index (χ4n) is 2.07. The molecule has 0 radical (unpaired) electrons. The number of aliphatic hydroxyl groups is 1. The molecule has 1 aliphatic rings. The minimum Gasteiger partial charge on any atom is -0.389 e. The molecule has 0 spiro atoms. The van der Waals surface area contributed by atoms with E-state index in [1.165, 1.54) is 6.07 Å². The minimum atomic E-state index is -0.637. The fourth-order valence-corrected chi connectivity index (χ4v) is 3.47. The van der Waals surface area contributed by atoms with Crippen molar-refractivity contribution in [2.45, 2.75) is 42.9 Å². The smallest absolute Gasteiger partial charge is 0.126 e. The molecular formula is C14H19FO2S. The van der Waals surface area contributed by atoms with Gasteiger partial charge in [-0.15, -0.1) is 11.8 Å². The Hall–Kier alpha value is -0.580. The van der Waals surface area contributed by atoms with Crippen LogP contribution in [-0.4, -0.2) is 23.6 Å². The zero-order chi connectivity index (χ0) is 13.1. The van der Waals surface area contributed by atoms with Gasteiger partial charge in [-0.25, -0.2) is 4.39 Å². The summed E-state index contributed by atoms with van der Waals surface area (Å²) in [6.45, 7) is 5.02. The van der Waals surface area contributed by atoms with Gasteiger partial charge < -0.3 is 9.84 Å². The molecule has 0 aromatic heterocycles. The van der Waals surface area contributed by atoms with Crippen LogP contribution >= 0.6 is 11.8 Å². The lowest BCUT2D eigenvalue weighted by Gasteiger charge is -2.23. The number of rotatable bonds is 3. The number of aliphatic hydroxyl groups excluding tert-OH is 1. The number of benzene rings is 1. The molecule has 100 valence electrons. The molecule has 1 fully saturated rings. The Morgan fingerprint density at radius 2 is 2.06 bits per heavy atom. The summed E-state index contributed by atoms with van der Waals surface area (Å²) in [5.74, 6) is -0.248. The van der Waals surface area contributed by atoms with Gasteiger partial charge >= 0.3 is 0 Å². The van der Waals surface area contributed by atoms with Crippen LogP contribution < -0.4 is 0 Å². The number of halogens is 1. The Labute approximate surface area is 112 Å². The van der Waals surface area contributed by atoms with Crippen LogP contribution in [0.2, 0.25) is 0 Å². The first-order chi connectivity index (χ1) is 8.58. The van der Waals surface area contributed by atoms with E-state index < -0.39 is 6.10 Å². The molecule has 1 saturated heterocycles. The van der Waals surface area contributed by atoms with Crippen LogP contribution in [0.3, 0.4) is 0 Å². The van der Waals surface area contributed by atoms with Crippen LogP contribution in [0.4, 0.5) is 4.39 Å². The molecule has 2 rings (SSSR count). The van der Waals surface area contributed by atoms with Crippen molar-refractivity contribution in [3.05, 3.63) is 29.1 Å². The van der Waals surface area contributed by atoms with Crippen LogP contribution in [0.1, 0.15) is 37.0 Å². The molecule has 0 aliphatic carbocycles. The van der Waals surface area contributed by atoms with Crippen molar-refractivity contribution in [1.29, 1.82) is 0 Å². The van der Waals surface area contributed by atoms with E-state index in [2.05, 4.69) is 0 Å². The van der Waals surface area contributed by atoms with Crippen molar-refractivity contribution >= 4 is 11.8 Å². The molecule has 1 atom stereocenters. The van der Waals surface area contributed by atoms with E-state index in [4.69, 9.17) is 4.74 Å². The van der Waals surface area contributed by atoms with Crippen molar-refractivity contribution in [2.24, 2.45) is 0 Å². The maximum absolute atomic E-state index is 13.6. The van der Waals surface area contributed by atoms with E-state index in [-0.39, 0.29) is 5.82 Å². The lowest BCUT2D eigenvalue weighted by atomic mass is 10.1. The number of hydrogen-bond donors (Lipinski definition) is 1. The zero-order valence-corrected chi connectivity index (χ0v) is 11.6. The molecule has 1 heterocycles. The van der Waals surface area contributed by atoms with Gasteiger partial charge in [-0.2, -0.15) is 0 Å². The summed E-state index contributed by atoms with van der Waals surface area (Å²) in [4.78, 5) is 0.996. The van der Waals surface area contributed by atoms with E-state index in [9.17, 15) is 9.50 Å². The van der Waals surface area contributed by atoms with E-state index in [0.29, 0.717) is 16.4 Å². The maximum Gasteiger partial charge on any atom is 0.126 e. The molecule has 1 aromatic carbocycles. The molecule has 0 amide bonds. The van der Waals surface area contributed by atoms with Gasteiger partial charge in [0.2, 0.25) is 0 Å². The van der Waals surface area contributed by atoms with Crippen molar-refractivity contribution in [1.82, 2.24) is 0 Å². The first-order valence-electron chi connectivity index (χ1n) is 6.30. The minimum absolute atomic E-state index is 0.248. The Morgan fingerprint density at radius 3 is 2.67 bits per heavy atom. The van der Waals surface area contributed by atoms with Gasteiger partial charge in [0.15, 0.2) is 0 Å². The van der Waals surface area contributed by atoms with E-state index in [1.54, 1.807) is 25.6 Å². The average molecular weight is 270 g/mol. The summed E-state index contributed by atoms with van der Waals surface area (Å²) in [6, 6.07) is 3.30. The summed E-state index contributed by atoms with van der Waals surface area (Å²) < 4.78 is 18.9. The number of thioether (sulfide) groups is 1. The van der Waals surface area contributed by atoms with Crippen LogP contribution in [0.15, 0.2) is 17.0 Å². The van der Waals surface area contributed by atoms with Gasteiger partial charge in [-0.05, 0) is 49.9 Å². The highest BCUT2D eigenvalue weighted by molar-refractivity contribution is 8.00. The van der Waals surface area contributed by atoms with Gasteiger partial charge in [0.1, 0.15) is 5.82 Å². The maximum atomic E-state index is 13.6. The molecular weight excluding hydrogens is 251 g/mol. The van der Waals surface area contributed by atoms with E-state index >= 15 is 0 Å². The van der Waals surface area contributed by atoms with Crippen molar-refractivity contribution in [3.8, 4) is 0 Å².